The van der Waals surface area contributed by atoms with E-state index < -0.39 is 47.3 Å². The molecular formula is C44H36Cl6N8O6. The summed E-state index contributed by atoms with van der Waals surface area (Å²) >= 11 is 37.3. The number of benzene rings is 5. The highest BCUT2D eigenvalue weighted by molar-refractivity contribution is 6.38. The molecule has 0 saturated heterocycles. The number of Topliss-reactive ketones (excluding diaryl/α,β-unsaturated/α-hetero) is 2. The standard InChI is InChI=1S/C44H36Cl6N8O6/c1-23(59)39(57-55-31-17-27(15-29(47)19-31)41(61)51-35-9-5-3-7-25(35)11-13-45)43(63)53-37-21-34(50)38(22-33(37)49)54-44(64)40(24(2)60)58-56-32-18-28(16-30(48)20-32)42(62)52-36-10-6-4-8-26(36)12-14-46/h3-10,15-22,39-40H,11-14H2,1-2H3,(H,51,61)(H,52,62)(H,53,63)(H,54,64). The normalized spacial score (nSPS) is 12.1. The minimum absolute atomic E-state index is 0.0570. The molecule has 2 atom stereocenters. The lowest BCUT2D eigenvalue weighted by atomic mass is 10.1. The number of nitrogens with one attached hydrogen (secondary N) is 4. The van der Waals surface area contributed by atoms with Gasteiger partial charge in [-0.25, -0.2) is 0 Å². The van der Waals surface area contributed by atoms with Gasteiger partial charge in [0.05, 0.1) is 32.8 Å². The molecule has 0 radical (unpaired) electrons. The quantitative estimate of drug-likeness (QED) is 0.0382. The molecule has 0 aromatic heterocycles. The number of aryl methyl sites for hydroxylation is 2. The Bertz CT molecular complexity index is 2500. The third kappa shape index (κ3) is 13.6. The molecule has 0 fully saturated rings. The molecule has 20 heteroatoms. The predicted molar refractivity (Wildman–Crippen MR) is 252 cm³/mol. The van der Waals surface area contributed by atoms with Crippen molar-refractivity contribution in [1.29, 1.82) is 0 Å². The summed E-state index contributed by atoms with van der Waals surface area (Å²) in [4.78, 5) is 78.1. The first-order chi connectivity index (χ1) is 30.6. The van der Waals surface area contributed by atoms with E-state index in [1.807, 2.05) is 24.3 Å². The van der Waals surface area contributed by atoms with Crippen LogP contribution in [-0.4, -0.2) is 59.0 Å². The van der Waals surface area contributed by atoms with Crippen LogP contribution in [0.3, 0.4) is 0 Å². The number of hydrogen-bond acceptors (Lipinski definition) is 10. The van der Waals surface area contributed by atoms with E-state index in [-0.39, 0.29) is 54.0 Å². The summed E-state index contributed by atoms with van der Waals surface area (Å²) in [6.45, 7) is 2.25. The lowest BCUT2D eigenvalue weighted by Gasteiger charge is -2.15. The number of nitrogens with zero attached hydrogens (tertiary/aromatic N) is 4. The van der Waals surface area contributed by atoms with Gasteiger partial charge in [-0.3, -0.25) is 28.8 Å². The summed E-state index contributed by atoms with van der Waals surface area (Å²) in [5, 5.41) is 26.5. The molecule has 2 unspecified atom stereocenters. The van der Waals surface area contributed by atoms with Gasteiger partial charge in [-0.1, -0.05) is 82.8 Å². The smallest absolute Gasteiger partial charge is 0.258 e. The van der Waals surface area contributed by atoms with Crippen LogP contribution in [0, 0.1) is 0 Å². The zero-order valence-corrected chi connectivity index (χ0v) is 38.3. The van der Waals surface area contributed by atoms with Crippen LogP contribution in [0.25, 0.3) is 0 Å². The Morgan fingerprint density at radius 3 is 1.23 bits per heavy atom. The van der Waals surface area contributed by atoms with Gasteiger partial charge in [0.25, 0.3) is 23.6 Å². The maximum Gasteiger partial charge on any atom is 0.258 e. The van der Waals surface area contributed by atoms with Crippen molar-refractivity contribution in [3.63, 3.8) is 0 Å². The minimum atomic E-state index is -1.67. The molecule has 64 heavy (non-hydrogen) atoms. The van der Waals surface area contributed by atoms with Gasteiger partial charge in [0.2, 0.25) is 12.1 Å². The van der Waals surface area contributed by atoms with Gasteiger partial charge in [0.1, 0.15) is 0 Å². The SMILES string of the molecule is CC(=O)C(N=Nc1cc(Cl)cc(C(=O)Nc2ccccc2CCCl)c1)C(=O)Nc1cc(Cl)c(NC(=O)C(N=Nc2cc(Cl)cc(C(=O)Nc3ccccc3CCCl)c2)C(C)=O)cc1Cl. The van der Waals surface area contributed by atoms with Gasteiger partial charge < -0.3 is 21.3 Å². The third-order valence-electron chi connectivity index (χ3n) is 8.96. The summed E-state index contributed by atoms with van der Waals surface area (Å²) in [5.41, 5.74) is 3.11. The van der Waals surface area contributed by atoms with E-state index in [1.54, 1.807) is 24.3 Å². The van der Waals surface area contributed by atoms with Crippen LogP contribution >= 0.6 is 69.6 Å². The molecule has 5 aromatic rings. The van der Waals surface area contributed by atoms with E-state index in [4.69, 9.17) is 69.6 Å². The number of alkyl halides is 2. The van der Waals surface area contributed by atoms with E-state index in [0.29, 0.717) is 36.0 Å². The van der Waals surface area contributed by atoms with Crippen molar-refractivity contribution in [2.45, 2.75) is 38.8 Å². The van der Waals surface area contributed by atoms with Gasteiger partial charge >= 0.3 is 0 Å². The van der Waals surface area contributed by atoms with E-state index in [9.17, 15) is 28.8 Å². The van der Waals surface area contributed by atoms with Crippen molar-refractivity contribution < 1.29 is 28.8 Å². The molecule has 14 nitrogen and oxygen atoms in total. The molecular weight excluding hydrogens is 949 g/mol. The van der Waals surface area contributed by atoms with Crippen molar-refractivity contribution in [3.8, 4) is 0 Å². The first-order valence-corrected chi connectivity index (χ1v) is 21.6. The summed E-state index contributed by atoms with van der Waals surface area (Å²) in [7, 11) is 0. The Morgan fingerprint density at radius 2 is 0.875 bits per heavy atom. The number of hydrogen-bond donors (Lipinski definition) is 4. The molecule has 330 valence electrons. The molecule has 0 aliphatic carbocycles. The van der Waals surface area contributed by atoms with Crippen molar-refractivity contribution in [3.05, 3.63) is 139 Å². The number of halogens is 6. The average molecular weight is 986 g/mol. The second kappa shape index (κ2) is 23.3. The first-order valence-electron chi connectivity index (χ1n) is 19.0. The number of azo groups is 2. The third-order valence-corrected chi connectivity index (χ3v) is 10.4. The largest absolute Gasteiger partial charge is 0.322 e. The summed E-state index contributed by atoms with van der Waals surface area (Å²) in [6, 6.07) is 21.8. The molecule has 0 aliphatic rings. The van der Waals surface area contributed by atoms with Crippen LogP contribution in [0.15, 0.2) is 118 Å². The number of ketones is 2. The molecule has 0 spiro atoms. The van der Waals surface area contributed by atoms with Crippen LogP contribution in [-0.2, 0) is 32.0 Å². The van der Waals surface area contributed by atoms with Crippen LogP contribution in [0.4, 0.5) is 34.1 Å². The minimum Gasteiger partial charge on any atom is -0.322 e. The lowest BCUT2D eigenvalue weighted by Crippen LogP contribution is -2.32. The molecule has 0 bridgehead atoms. The zero-order valence-electron chi connectivity index (χ0n) is 33.7. The Hall–Kier alpha value is -5.74. The molecule has 5 aromatic carbocycles. The summed E-state index contributed by atoms with van der Waals surface area (Å²) in [5.74, 6) is -3.52. The van der Waals surface area contributed by atoms with Gasteiger partial charge in [0.15, 0.2) is 11.6 Å². The second-order valence-corrected chi connectivity index (χ2v) is 16.2. The fourth-order valence-electron chi connectivity index (χ4n) is 5.87. The maximum atomic E-state index is 13.3. The van der Waals surface area contributed by atoms with Gasteiger partial charge in [-0.2, -0.15) is 20.5 Å². The van der Waals surface area contributed by atoms with Crippen LogP contribution in [0.5, 0.6) is 0 Å². The van der Waals surface area contributed by atoms with Crippen molar-refractivity contribution in [1.82, 2.24) is 0 Å². The van der Waals surface area contributed by atoms with E-state index >= 15 is 0 Å². The first kappa shape index (κ1) is 49.3. The van der Waals surface area contributed by atoms with Crippen LogP contribution in [0.1, 0.15) is 45.7 Å². The monoisotopic (exact) mass is 982 g/mol. The van der Waals surface area contributed by atoms with E-state index in [2.05, 4.69) is 41.7 Å². The summed E-state index contributed by atoms with van der Waals surface area (Å²) < 4.78 is 0. The topological polar surface area (TPSA) is 200 Å². The number of carbonyl (C=O) groups is 6. The van der Waals surface area contributed by atoms with Crippen LogP contribution < -0.4 is 21.3 Å². The number of amides is 4. The van der Waals surface area contributed by atoms with Crippen molar-refractivity contribution >= 4 is 139 Å². The van der Waals surface area contributed by atoms with Gasteiger partial charge in [0, 0.05) is 44.3 Å². The number of rotatable bonds is 18. The Balaban J connectivity index is 1.26. The molecule has 4 N–H and O–H groups in total. The second-order valence-electron chi connectivity index (χ2n) is 13.7. The van der Waals surface area contributed by atoms with Crippen LogP contribution in [0.2, 0.25) is 20.1 Å². The van der Waals surface area contributed by atoms with Gasteiger partial charge in [-0.05, 0) is 98.5 Å². The predicted octanol–water partition coefficient (Wildman–Crippen LogP) is 11.7. The number of anilines is 4. The number of para-hydroxylation sites is 2. The Morgan fingerprint density at radius 1 is 0.500 bits per heavy atom. The fourth-order valence-corrected chi connectivity index (χ4v) is 7.15. The Labute approximate surface area is 397 Å². The number of carbonyl (C=O) groups excluding carboxylic acids is 6. The lowest BCUT2D eigenvalue weighted by molar-refractivity contribution is -0.127. The average Bonchev–Trinajstić information content (AvgIpc) is 3.23. The molecule has 0 saturated carbocycles. The summed E-state index contributed by atoms with van der Waals surface area (Å²) in [6.07, 6.45) is 1.06. The highest BCUT2D eigenvalue weighted by Gasteiger charge is 2.27. The van der Waals surface area contributed by atoms with E-state index in [1.165, 1.54) is 48.5 Å². The maximum absolute atomic E-state index is 13.3. The van der Waals surface area contributed by atoms with Crippen molar-refractivity contribution in [2.24, 2.45) is 20.5 Å². The molecule has 0 aliphatic heterocycles. The van der Waals surface area contributed by atoms with Crippen molar-refractivity contribution in [2.75, 3.05) is 33.0 Å². The Kier molecular flexibility index (Phi) is 17.9. The van der Waals surface area contributed by atoms with E-state index in [0.717, 1.165) is 25.0 Å². The fraction of sp³-hybridized carbons (Fsp3) is 0.182. The molecule has 5 rings (SSSR count). The zero-order chi connectivity index (χ0) is 46.5. The highest BCUT2D eigenvalue weighted by atomic mass is 35.5. The molecule has 4 amide bonds. The van der Waals surface area contributed by atoms with Gasteiger partial charge in [-0.15, -0.1) is 23.2 Å². The molecule has 0 heterocycles. The highest BCUT2D eigenvalue weighted by Crippen LogP contribution is 2.34.